The summed E-state index contributed by atoms with van der Waals surface area (Å²) in [5.41, 5.74) is -1.79. The van der Waals surface area contributed by atoms with Crippen molar-refractivity contribution in [1.29, 1.82) is 0 Å². The number of carbonyl (C=O) groups is 1. The lowest BCUT2D eigenvalue weighted by Gasteiger charge is -2.23. The van der Waals surface area contributed by atoms with Crippen LogP contribution in [0, 0.1) is 0 Å². The van der Waals surface area contributed by atoms with E-state index in [1.54, 1.807) is 6.07 Å². The molecule has 0 saturated carbocycles. The number of alkyl halides is 3. The van der Waals surface area contributed by atoms with Gasteiger partial charge in [-0.15, -0.1) is 0 Å². The zero-order valence-corrected chi connectivity index (χ0v) is 23.5. The molecule has 0 bridgehead atoms. The van der Waals surface area contributed by atoms with Gasteiger partial charge in [0.15, 0.2) is 0 Å². The van der Waals surface area contributed by atoms with Gasteiger partial charge in [0, 0.05) is 6.04 Å². The number of rotatable bonds is 8. The van der Waals surface area contributed by atoms with Crippen molar-refractivity contribution in [2.24, 2.45) is 0 Å². The van der Waals surface area contributed by atoms with Crippen molar-refractivity contribution in [2.45, 2.75) is 61.2 Å². The summed E-state index contributed by atoms with van der Waals surface area (Å²) in [7, 11) is -7.78. The quantitative estimate of drug-likeness (QED) is 0.443. The topological polar surface area (TPSA) is 119 Å². The highest BCUT2D eigenvalue weighted by Crippen LogP contribution is 2.34. The minimum absolute atomic E-state index is 0.0524. The van der Waals surface area contributed by atoms with Crippen molar-refractivity contribution in [1.82, 2.24) is 10.0 Å². The van der Waals surface area contributed by atoms with Crippen molar-refractivity contribution in [3.8, 4) is 0 Å². The van der Waals surface area contributed by atoms with Gasteiger partial charge in [0.05, 0.1) is 21.1 Å². The zero-order chi connectivity index (χ0) is 29.3. The predicted molar refractivity (Wildman–Crippen MR) is 142 cm³/mol. The van der Waals surface area contributed by atoms with Crippen LogP contribution in [0.1, 0.15) is 44.7 Å². The van der Waals surface area contributed by atoms with E-state index < -0.39 is 42.9 Å². The summed E-state index contributed by atoms with van der Waals surface area (Å²) >= 11 is 0. The second kappa shape index (κ2) is 13.6. The zero-order valence-electron chi connectivity index (χ0n) is 21.9. The first-order valence-electron chi connectivity index (χ1n) is 12.1. The Balaban J connectivity index is 0.000000673. The molecule has 3 rings (SSSR count). The van der Waals surface area contributed by atoms with Gasteiger partial charge in [0.1, 0.15) is 5.60 Å². The fourth-order valence-electron chi connectivity index (χ4n) is 3.53. The van der Waals surface area contributed by atoms with E-state index in [4.69, 9.17) is 0 Å². The number of sulfonamides is 1. The third kappa shape index (κ3) is 10.7. The Labute approximate surface area is 227 Å². The van der Waals surface area contributed by atoms with Gasteiger partial charge in [-0.05, 0) is 82.6 Å². The molecule has 1 aliphatic rings. The molecular formula is C26H33F3N2O6S2. The van der Waals surface area contributed by atoms with Crippen LogP contribution < -0.4 is 10.0 Å². The number of hydrogen-bond acceptors (Lipinski definition) is 7. The van der Waals surface area contributed by atoms with E-state index in [0.717, 1.165) is 24.3 Å². The fourth-order valence-corrected chi connectivity index (χ4v) is 6.03. The van der Waals surface area contributed by atoms with Crippen LogP contribution in [0.15, 0.2) is 64.4 Å². The summed E-state index contributed by atoms with van der Waals surface area (Å²) in [6, 6.07) is 9.63. The molecule has 0 amide bonds. The molecule has 0 aliphatic carbocycles. The van der Waals surface area contributed by atoms with E-state index in [1.807, 2.05) is 20.8 Å². The molecule has 39 heavy (non-hydrogen) atoms. The maximum Gasteiger partial charge on any atom is 0.416 e. The second-order valence-corrected chi connectivity index (χ2v) is 13.5. The summed E-state index contributed by atoms with van der Waals surface area (Å²) in [6.45, 7) is 7.28. The minimum atomic E-state index is -4.74. The molecule has 1 fully saturated rings. The van der Waals surface area contributed by atoms with Crippen LogP contribution in [0.4, 0.5) is 13.2 Å². The molecule has 8 nitrogen and oxygen atoms in total. The highest BCUT2D eigenvalue weighted by Gasteiger charge is 2.33. The number of ether oxygens (including phenoxy) is 1. The summed E-state index contributed by atoms with van der Waals surface area (Å²) in [4.78, 5) is 9.23. The van der Waals surface area contributed by atoms with Gasteiger partial charge in [-0.2, -0.15) is 13.2 Å². The number of halogens is 3. The molecule has 2 aromatic rings. The van der Waals surface area contributed by atoms with Crippen LogP contribution in [0.5, 0.6) is 0 Å². The van der Waals surface area contributed by atoms with E-state index in [1.165, 1.54) is 24.3 Å². The highest BCUT2D eigenvalue weighted by atomic mass is 32.2. The van der Waals surface area contributed by atoms with Crippen molar-refractivity contribution < 1.29 is 39.5 Å². The van der Waals surface area contributed by atoms with Gasteiger partial charge in [-0.1, -0.05) is 30.4 Å². The van der Waals surface area contributed by atoms with Crippen molar-refractivity contribution in [3.05, 3.63) is 65.7 Å². The van der Waals surface area contributed by atoms with Gasteiger partial charge in [0.2, 0.25) is 19.9 Å². The fraction of sp³-hybridized carbons (Fsp3) is 0.423. The first-order valence-corrected chi connectivity index (χ1v) is 15.2. The van der Waals surface area contributed by atoms with Crippen LogP contribution in [0.2, 0.25) is 0 Å². The molecule has 1 heterocycles. The van der Waals surface area contributed by atoms with E-state index in [0.29, 0.717) is 38.5 Å². The molecule has 1 saturated heterocycles. The number of sulfone groups is 1. The maximum absolute atomic E-state index is 13.4. The third-order valence-electron chi connectivity index (χ3n) is 5.39. The molecular weight excluding hydrogens is 557 g/mol. The van der Waals surface area contributed by atoms with Crippen LogP contribution in [-0.4, -0.2) is 53.8 Å². The van der Waals surface area contributed by atoms with Gasteiger partial charge in [0.25, 0.3) is 6.47 Å². The number of carbonyl (C=O) groups excluding carboxylic acids is 1. The number of benzene rings is 2. The summed E-state index contributed by atoms with van der Waals surface area (Å²) in [5, 5.41) is 3.11. The molecule has 0 atom stereocenters. The van der Waals surface area contributed by atoms with Gasteiger partial charge in [-0.3, -0.25) is 4.79 Å². The average Bonchev–Trinajstić information content (AvgIpc) is 2.84. The first-order chi connectivity index (χ1) is 18.0. The van der Waals surface area contributed by atoms with Crippen LogP contribution in [-0.2, 0) is 35.6 Å². The maximum atomic E-state index is 13.4. The molecule has 2 N–H and O–H groups in total. The number of piperidine rings is 1. The van der Waals surface area contributed by atoms with E-state index in [2.05, 4.69) is 14.8 Å². The molecule has 0 radical (unpaired) electrons. The average molecular weight is 591 g/mol. The predicted octanol–water partition coefficient (Wildman–Crippen LogP) is 4.18. The Hall–Kier alpha value is -2.74. The largest absolute Gasteiger partial charge is 0.462 e. The highest BCUT2D eigenvalue weighted by molar-refractivity contribution is 7.91. The van der Waals surface area contributed by atoms with Crippen LogP contribution in [0.3, 0.4) is 0 Å². The van der Waals surface area contributed by atoms with Gasteiger partial charge < -0.3 is 10.1 Å². The summed E-state index contributed by atoms with van der Waals surface area (Å²) in [6.07, 6.45) is -1.40. The normalized spacial score (nSPS) is 15.4. The van der Waals surface area contributed by atoms with Crippen molar-refractivity contribution >= 4 is 32.4 Å². The smallest absolute Gasteiger partial charge is 0.416 e. The molecule has 216 valence electrons. The monoisotopic (exact) mass is 590 g/mol. The Bertz CT molecular complexity index is 1330. The van der Waals surface area contributed by atoms with Crippen LogP contribution in [0.25, 0.3) is 6.08 Å². The minimum Gasteiger partial charge on any atom is -0.462 e. The lowest BCUT2D eigenvalue weighted by molar-refractivity contribution is -0.139. The Kier molecular flexibility index (Phi) is 11.3. The lowest BCUT2D eigenvalue weighted by Crippen LogP contribution is -2.43. The molecule has 0 spiro atoms. The van der Waals surface area contributed by atoms with Crippen molar-refractivity contribution in [3.63, 3.8) is 0 Å². The van der Waals surface area contributed by atoms with Crippen LogP contribution >= 0.6 is 0 Å². The molecule has 2 aromatic carbocycles. The molecule has 0 aromatic heterocycles. The lowest BCUT2D eigenvalue weighted by atomic mass is 10.1. The van der Waals surface area contributed by atoms with E-state index in [-0.39, 0.29) is 21.4 Å². The van der Waals surface area contributed by atoms with E-state index >= 15 is 0 Å². The van der Waals surface area contributed by atoms with Gasteiger partial charge in [-0.25, -0.2) is 21.6 Å². The Morgan fingerprint density at radius 3 is 2.10 bits per heavy atom. The molecule has 0 unspecified atom stereocenters. The summed E-state index contributed by atoms with van der Waals surface area (Å²) in [5.74, 6) is -0.524. The SMILES string of the molecule is CC(C)(C)OC=O.O=S(=O)(CC=Cc1cc(S(=O)(=O)c2ccccc2)ccc1C(F)(F)F)NC1CCNCC1. The number of hydrogen-bond donors (Lipinski definition) is 2. The first kappa shape index (κ1) is 32.5. The Morgan fingerprint density at radius 2 is 1.59 bits per heavy atom. The van der Waals surface area contributed by atoms with E-state index in [9.17, 15) is 34.8 Å². The Morgan fingerprint density at radius 1 is 0.974 bits per heavy atom. The van der Waals surface area contributed by atoms with Gasteiger partial charge >= 0.3 is 6.18 Å². The molecule has 13 heteroatoms. The second-order valence-electron chi connectivity index (χ2n) is 9.72. The summed E-state index contributed by atoms with van der Waals surface area (Å²) < 4.78 is 97.6. The number of nitrogens with one attached hydrogen (secondary N) is 2. The van der Waals surface area contributed by atoms with Crippen molar-refractivity contribution in [2.75, 3.05) is 18.8 Å². The molecule has 1 aliphatic heterocycles. The standard InChI is InChI=1S/C21H23F3N2O4S2.C5H10O2/c22-21(23,24)20-9-8-19(32(29,30)18-6-2-1-3-7-18)15-16(20)5-4-14-31(27,28)26-17-10-12-25-13-11-17;1-5(2,3)7-4-6/h1-9,15,17,25-26H,10-14H2;4H,1-3H3. The third-order valence-corrected chi connectivity index (χ3v) is 8.48.